The molecule has 3 aliphatic rings. The molecule has 1 aromatic carbocycles. The van der Waals surface area contributed by atoms with Crippen molar-refractivity contribution in [2.45, 2.75) is 45.7 Å². The van der Waals surface area contributed by atoms with Crippen LogP contribution >= 0.6 is 15.9 Å². The zero-order chi connectivity index (χ0) is 14.3. The van der Waals surface area contributed by atoms with Crippen molar-refractivity contribution in [2.24, 2.45) is 17.3 Å². The Morgan fingerprint density at radius 1 is 1.25 bits per heavy atom. The van der Waals surface area contributed by atoms with Crippen molar-refractivity contribution in [1.82, 2.24) is 5.32 Å². The van der Waals surface area contributed by atoms with E-state index in [1.54, 1.807) is 7.11 Å². The minimum atomic E-state index is 0.589. The molecule has 0 heterocycles. The van der Waals surface area contributed by atoms with Crippen LogP contribution in [0.3, 0.4) is 0 Å². The fraction of sp³-hybridized carbons (Fsp3) is 0.647. The second kappa shape index (κ2) is 5.34. The first kappa shape index (κ1) is 14.4. The molecule has 0 aromatic heterocycles. The van der Waals surface area contributed by atoms with E-state index in [1.165, 1.54) is 24.8 Å². The molecule has 3 fully saturated rings. The summed E-state index contributed by atoms with van der Waals surface area (Å²) in [6, 6.07) is 6.89. The molecule has 0 amide bonds. The monoisotopic (exact) mass is 337 g/mol. The van der Waals surface area contributed by atoms with Gasteiger partial charge in [-0.25, -0.2) is 0 Å². The van der Waals surface area contributed by atoms with Gasteiger partial charge in [-0.05, 0) is 54.7 Å². The first-order valence-electron chi connectivity index (χ1n) is 7.56. The van der Waals surface area contributed by atoms with Crippen molar-refractivity contribution >= 4 is 15.9 Å². The van der Waals surface area contributed by atoms with Gasteiger partial charge in [-0.3, -0.25) is 0 Å². The van der Waals surface area contributed by atoms with Crippen molar-refractivity contribution in [3.05, 3.63) is 28.2 Å². The molecule has 0 saturated heterocycles. The summed E-state index contributed by atoms with van der Waals surface area (Å²) in [4.78, 5) is 0. The predicted molar refractivity (Wildman–Crippen MR) is 85.9 cm³/mol. The number of halogens is 1. The Hall–Kier alpha value is -0.540. The van der Waals surface area contributed by atoms with Gasteiger partial charge in [0.2, 0.25) is 0 Å². The molecule has 0 radical (unpaired) electrons. The summed E-state index contributed by atoms with van der Waals surface area (Å²) in [5.74, 6) is 2.81. The van der Waals surface area contributed by atoms with E-state index in [-0.39, 0.29) is 0 Å². The van der Waals surface area contributed by atoms with E-state index >= 15 is 0 Å². The number of benzene rings is 1. The summed E-state index contributed by atoms with van der Waals surface area (Å²) in [7, 11) is 1.74. The maximum Gasteiger partial charge on any atom is 0.123 e. The maximum atomic E-state index is 5.44. The van der Waals surface area contributed by atoms with E-state index in [0.29, 0.717) is 11.5 Å². The molecule has 2 bridgehead atoms. The van der Waals surface area contributed by atoms with Crippen LogP contribution in [0, 0.1) is 17.3 Å². The minimum absolute atomic E-state index is 0.589. The number of methoxy groups -OCH3 is 1. The summed E-state index contributed by atoms with van der Waals surface area (Å²) < 4.78 is 6.56. The Bertz CT molecular complexity index is 486. The second-order valence-corrected chi connectivity index (χ2v) is 7.87. The molecule has 0 spiro atoms. The third kappa shape index (κ3) is 2.50. The van der Waals surface area contributed by atoms with Crippen LogP contribution in [0.4, 0.5) is 0 Å². The van der Waals surface area contributed by atoms with Crippen molar-refractivity contribution in [1.29, 1.82) is 0 Å². The molecule has 0 aliphatic heterocycles. The molecule has 3 saturated carbocycles. The van der Waals surface area contributed by atoms with Gasteiger partial charge in [0.15, 0.2) is 0 Å². The van der Waals surface area contributed by atoms with Crippen molar-refractivity contribution in [2.75, 3.05) is 7.11 Å². The van der Waals surface area contributed by atoms with Crippen LogP contribution in [-0.2, 0) is 6.54 Å². The number of fused-ring (bicyclic) bond motifs is 2. The van der Waals surface area contributed by atoms with Crippen LogP contribution in [0.15, 0.2) is 22.7 Å². The van der Waals surface area contributed by atoms with Gasteiger partial charge in [0, 0.05) is 22.6 Å². The van der Waals surface area contributed by atoms with Crippen LogP contribution in [-0.4, -0.2) is 13.2 Å². The van der Waals surface area contributed by atoms with Crippen LogP contribution < -0.4 is 10.1 Å². The average Bonchev–Trinajstić information content (AvgIpc) is 2.45. The van der Waals surface area contributed by atoms with E-state index < -0.39 is 0 Å². The molecule has 1 N–H and O–H groups in total. The molecular weight excluding hydrogens is 314 g/mol. The zero-order valence-corrected chi connectivity index (χ0v) is 14.2. The zero-order valence-electron chi connectivity index (χ0n) is 12.6. The van der Waals surface area contributed by atoms with Crippen molar-refractivity contribution in [3.8, 4) is 5.75 Å². The highest BCUT2D eigenvalue weighted by molar-refractivity contribution is 9.10. The van der Waals surface area contributed by atoms with Crippen LogP contribution in [0.1, 0.15) is 38.7 Å². The summed E-state index contributed by atoms with van der Waals surface area (Å²) in [6.07, 6.45) is 4.12. The number of rotatable bonds is 4. The lowest BCUT2D eigenvalue weighted by molar-refractivity contribution is -0.0787. The SMILES string of the molecule is COc1ccc(Br)cc1CNC1CC2C[C@@H](C1)C2(C)C. The highest BCUT2D eigenvalue weighted by Crippen LogP contribution is 2.59. The molecule has 4 rings (SSSR count). The Labute approximate surface area is 130 Å². The fourth-order valence-corrected chi connectivity index (χ4v) is 4.42. The topological polar surface area (TPSA) is 21.3 Å². The van der Waals surface area contributed by atoms with Gasteiger partial charge >= 0.3 is 0 Å². The highest BCUT2D eigenvalue weighted by atomic mass is 79.9. The van der Waals surface area contributed by atoms with E-state index in [9.17, 15) is 0 Å². The number of nitrogens with one attached hydrogen (secondary N) is 1. The summed E-state index contributed by atoms with van der Waals surface area (Å²) >= 11 is 3.54. The van der Waals surface area contributed by atoms with Gasteiger partial charge in [-0.15, -0.1) is 0 Å². The lowest BCUT2D eigenvalue weighted by Crippen LogP contribution is -2.55. The molecule has 3 heteroatoms. The molecule has 2 unspecified atom stereocenters. The van der Waals surface area contributed by atoms with Crippen LogP contribution in [0.5, 0.6) is 5.75 Å². The van der Waals surface area contributed by atoms with Gasteiger partial charge in [0.1, 0.15) is 5.75 Å². The molecule has 1 aromatic rings. The smallest absolute Gasteiger partial charge is 0.123 e. The summed E-state index contributed by atoms with van der Waals surface area (Å²) in [6.45, 7) is 5.78. The number of hydrogen-bond donors (Lipinski definition) is 1. The van der Waals surface area contributed by atoms with Crippen LogP contribution in [0.25, 0.3) is 0 Å². The van der Waals surface area contributed by atoms with Crippen molar-refractivity contribution < 1.29 is 4.74 Å². The van der Waals surface area contributed by atoms with E-state index in [2.05, 4.69) is 41.2 Å². The van der Waals surface area contributed by atoms with E-state index in [4.69, 9.17) is 4.74 Å². The average molecular weight is 338 g/mol. The van der Waals surface area contributed by atoms with Gasteiger partial charge in [-0.1, -0.05) is 29.8 Å². The molecular formula is C17H24BrNO. The lowest BCUT2D eigenvalue weighted by atomic mass is 9.48. The van der Waals surface area contributed by atoms with Gasteiger partial charge in [-0.2, -0.15) is 0 Å². The van der Waals surface area contributed by atoms with Crippen molar-refractivity contribution in [3.63, 3.8) is 0 Å². The summed E-state index contributed by atoms with van der Waals surface area (Å²) in [5.41, 5.74) is 1.83. The minimum Gasteiger partial charge on any atom is -0.496 e. The quantitative estimate of drug-likeness (QED) is 0.880. The maximum absolute atomic E-state index is 5.44. The predicted octanol–water partition coefficient (Wildman–Crippen LogP) is 4.37. The van der Waals surface area contributed by atoms with Gasteiger partial charge < -0.3 is 10.1 Å². The molecule has 20 heavy (non-hydrogen) atoms. The normalized spacial score (nSPS) is 30.7. The Kier molecular flexibility index (Phi) is 3.85. The van der Waals surface area contributed by atoms with Gasteiger partial charge in [0.25, 0.3) is 0 Å². The van der Waals surface area contributed by atoms with E-state index in [1.807, 2.05) is 12.1 Å². The first-order chi connectivity index (χ1) is 9.50. The lowest BCUT2D eigenvalue weighted by Gasteiger charge is -2.59. The molecule has 3 aliphatic carbocycles. The molecule has 2 nitrogen and oxygen atoms in total. The standard InChI is InChI=1S/C17H24BrNO/c1-17(2)12-7-13(17)9-15(8-12)19-10-11-6-14(18)4-5-16(11)20-3/h4-6,12-13,15,19H,7-10H2,1-3H3/t12-,13?,15?/m0/s1. The summed E-state index contributed by atoms with van der Waals surface area (Å²) in [5, 5.41) is 3.74. The Morgan fingerprint density at radius 3 is 2.55 bits per heavy atom. The first-order valence-corrected chi connectivity index (χ1v) is 8.36. The molecule has 3 atom stereocenters. The van der Waals surface area contributed by atoms with Crippen LogP contribution in [0.2, 0.25) is 0 Å². The van der Waals surface area contributed by atoms with Gasteiger partial charge in [0.05, 0.1) is 7.11 Å². The Morgan fingerprint density at radius 2 is 1.95 bits per heavy atom. The third-order valence-electron chi connectivity index (χ3n) is 5.64. The highest BCUT2D eigenvalue weighted by Gasteiger charge is 2.52. The Balaban J connectivity index is 1.60. The second-order valence-electron chi connectivity index (χ2n) is 6.96. The third-order valence-corrected chi connectivity index (χ3v) is 6.13. The fourth-order valence-electron chi connectivity index (χ4n) is 4.01. The molecule has 110 valence electrons. The number of ether oxygens (including phenoxy) is 1. The largest absolute Gasteiger partial charge is 0.496 e. The van der Waals surface area contributed by atoms with E-state index in [0.717, 1.165) is 28.6 Å². The number of hydrogen-bond acceptors (Lipinski definition) is 2.